The summed E-state index contributed by atoms with van der Waals surface area (Å²) in [7, 11) is -3.01. The van der Waals surface area contributed by atoms with E-state index in [2.05, 4.69) is 4.98 Å². The first-order valence-electron chi connectivity index (χ1n) is 11.5. The fourth-order valence-corrected chi connectivity index (χ4v) is 4.51. The number of carbonyl (C=O) groups is 1. The molecule has 2 aromatic rings. The average Bonchev–Trinajstić information content (AvgIpc) is 2.79. The van der Waals surface area contributed by atoms with E-state index < -0.39 is 15.8 Å². The zero-order valence-electron chi connectivity index (χ0n) is 20.6. The number of hydrogen-bond acceptors (Lipinski definition) is 6. The van der Waals surface area contributed by atoms with Gasteiger partial charge in [-0.15, -0.1) is 0 Å². The van der Waals surface area contributed by atoms with Crippen molar-refractivity contribution in [1.82, 2.24) is 4.98 Å². The van der Waals surface area contributed by atoms with Crippen LogP contribution in [0.25, 0.3) is 11.3 Å². The predicted molar refractivity (Wildman–Crippen MR) is 136 cm³/mol. The molecule has 1 aromatic heterocycles. The molecule has 1 aliphatic rings. The van der Waals surface area contributed by atoms with E-state index in [9.17, 15) is 17.6 Å². The van der Waals surface area contributed by atoms with Crippen molar-refractivity contribution in [1.29, 1.82) is 0 Å². The van der Waals surface area contributed by atoms with E-state index >= 15 is 0 Å². The number of pyridine rings is 1. The largest absolute Gasteiger partial charge is 0.494 e. The SMILES string of the molecule is Cc1cc(OCCCS(C)(=O)=O)cc(C)c1-c1cccc(OC=C2C=CC(CCC(=O)O)=C(F)C2)n1. The normalized spacial score (nSPS) is 14.8. The summed E-state index contributed by atoms with van der Waals surface area (Å²) in [6.45, 7) is 4.21. The van der Waals surface area contributed by atoms with Crippen LogP contribution < -0.4 is 9.47 Å². The van der Waals surface area contributed by atoms with Gasteiger partial charge in [0.25, 0.3) is 0 Å². The van der Waals surface area contributed by atoms with Crippen molar-refractivity contribution in [2.45, 2.75) is 39.5 Å². The van der Waals surface area contributed by atoms with Crippen LogP contribution in [0.5, 0.6) is 11.6 Å². The molecule has 0 saturated heterocycles. The molecule has 36 heavy (non-hydrogen) atoms. The minimum Gasteiger partial charge on any atom is -0.494 e. The van der Waals surface area contributed by atoms with Gasteiger partial charge in [0.2, 0.25) is 5.88 Å². The number of ether oxygens (including phenoxy) is 2. The first-order chi connectivity index (χ1) is 17.0. The molecule has 192 valence electrons. The molecule has 1 aromatic carbocycles. The van der Waals surface area contributed by atoms with Gasteiger partial charge in [-0.05, 0) is 67.2 Å². The summed E-state index contributed by atoms with van der Waals surface area (Å²) in [6.07, 6.45) is 6.45. The fourth-order valence-electron chi connectivity index (χ4n) is 3.87. The lowest BCUT2D eigenvalue weighted by molar-refractivity contribution is -0.136. The molecule has 3 rings (SSSR count). The van der Waals surface area contributed by atoms with Gasteiger partial charge in [-0.3, -0.25) is 4.79 Å². The van der Waals surface area contributed by atoms with Gasteiger partial charge in [-0.25, -0.2) is 17.8 Å². The first-order valence-corrected chi connectivity index (χ1v) is 13.6. The Kier molecular flexibility index (Phi) is 9.03. The van der Waals surface area contributed by atoms with Crippen LogP contribution in [0.15, 0.2) is 65.7 Å². The Morgan fingerprint density at radius 2 is 1.92 bits per heavy atom. The third-order valence-corrected chi connectivity index (χ3v) is 6.59. The maximum absolute atomic E-state index is 14.3. The third kappa shape index (κ3) is 8.05. The van der Waals surface area contributed by atoms with E-state index in [0.717, 1.165) is 16.7 Å². The molecule has 1 aliphatic carbocycles. The number of aromatic nitrogens is 1. The number of rotatable bonds is 11. The standard InChI is InChI=1S/C27H30FNO6S/c1-18-14-22(34-12-5-13-36(3,32)33)15-19(2)27(18)24-6-4-7-25(29-24)35-17-20-8-9-21(23(28)16-20)10-11-26(30)31/h4,6-9,14-15,17H,5,10-13,16H2,1-3H3,(H,30,31). The topological polar surface area (TPSA) is 103 Å². The minimum absolute atomic E-state index is 0.0367. The Morgan fingerprint density at radius 1 is 1.19 bits per heavy atom. The monoisotopic (exact) mass is 515 g/mol. The maximum atomic E-state index is 14.3. The number of hydrogen-bond donors (Lipinski definition) is 1. The highest BCUT2D eigenvalue weighted by molar-refractivity contribution is 7.90. The van der Waals surface area contributed by atoms with Crippen molar-refractivity contribution in [2.75, 3.05) is 18.6 Å². The van der Waals surface area contributed by atoms with Crippen molar-refractivity contribution in [2.24, 2.45) is 0 Å². The van der Waals surface area contributed by atoms with Gasteiger partial charge in [-0.2, -0.15) is 0 Å². The van der Waals surface area contributed by atoms with E-state index in [4.69, 9.17) is 14.6 Å². The number of allylic oxidation sites excluding steroid dienone is 5. The summed E-state index contributed by atoms with van der Waals surface area (Å²) in [4.78, 5) is 15.3. The van der Waals surface area contributed by atoms with Crippen molar-refractivity contribution in [3.63, 3.8) is 0 Å². The number of nitrogens with zero attached hydrogens (tertiary/aromatic N) is 1. The highest BCUT2D eigenvalue weighted by Crippen LogP contribution is 2.31. The van der Waals surface area contributed by atoms with Gasteiger partial charge in [0.1, 0.15) is 21.4 Å². The third-order valence-electron chi connectivity index (χ3n) is 5.56. The summed E-state index contributed by atoms with van der Waals surface area (Å²) in [5.74, 6) is -0.215. The van der Waals surface area contributed by atoms with E-state index in [1.54, 1.807) is 18.2 Å². The summed E-state index contributed by atoms with van der Waals surface area (Å²) in [6, 6.07) is 9.20. The minimum atomic E-state index is -3.01. The molecule has 9 heteroatoms. The second kappa shape index (κ2) is 12.0. The Labute approximate surface area is 210 Å². The smallest absolute Gasteiger partial charge is 0.303 e. The van der Waals surface area contributed by atoms with Crippen molar-refractivity contribution < 1.29 is 32.2 Å². The van der Waals surface area contributed by atoms with Gasteiger partial charge in [-0.1, -0.05) is 18.2 Å². The maximum Gasteiger partial charge on any atom is 0.303 e. The summed E-state index contributed by atoms with van der Waals surface area (Å²) < 4.78 is 48.3. The van der Waals surface area contributed by atoms with Crippen LogP contribution >= 0.6 is 0 Å². The molecule has 0 aliphatic heterocycles. The Hall–Kier alpha value is -3.46. The molecular formula is C27H30FNO6S. The lowest BCUT2D eigenvalue weighted by Gasteiger charge is -2.14. The summed E-state index contributed by atoms with van der Waals surface area (Å²) >= 11 is 0. The Balaban J connectivity index is 1.67. The number of sulfone groups is 1. The van der Waals surface area contributed by atoms with Gasteiger partial charge < -0.3 is 14.6 Å². The molecule has 0 atom stereocenters. The van der Waals surface area contributed by atoms with Crippen molar-refractivity contribution in [3.8, 4) is 22.9 Å². The van der Waals surface area contributed by atoms with Crippen LogP contribution in [0.2, 0.25) is 0 Å². The number of benzene rings is 1. The number of halogens is 1. The number of aliphatic carboxylic acids is 1. The molecule has 0 radical (unpaired) electrons. The quantitative estimate of drug-likeness (QED) is 0.312. The van der Waals surface area contributed by atoms with E-state index in [-0.39, 0.29) is 30.8 Å². The zero-order valence-corrected chi connectivity index (χ0v) is 21.4. The molecule has 0 fully saturated rings. The van der Waals surface area contributed by atoms with Crippen LogP contribution in [0.4, 0.5) is 4.39 Å². The van der Waals surface area contributed by atoms with Crippen LogP contribution in [0.3, 0.4) is 0 Å². The van der Waals surface area contributed by atoms with Gasteiger partial charge in [0.15, 0.2) is 0 Å². The van der Waals surface area contributed by atoms with Gasteiger partial charge in [0.05, 0.1) is 24.3 Å². The first kappa shape index (κ1) is 27.1. The molecule has 0 bridgehead atoms. The van der Waals surface area contributed by atoms with Crippen LogP contribution in [-0.4, -0.2) is 43.1 Å². The van der Waals surface area contributed by atoms with Crippen LogP contribution in [0, 0.1) is 13.8 Å². The van der Waals surface area contributed by atoms with Gasteiger partial charge in [0, 0.05) is 30.7 Å². The molecule has 1 N–H and O–H groups in total. The van der Waals surface area contributed by atoms with Crippen LogP contribution in [-0.2, 0) is 14.6 Å². The molecule has 0 amide bonds. The zero-order chi connectivity index (χ0) is 26.3. The van der Waals surface area contributed by atoms with Crippen molar-refractivity contribution in [3.05, 3.63) is 76.8 Å². The second-order valence-corrected chi connectivity index (χ2v) is 11.0. The van der Waals surface area contributed by atoms with Crippen molar-refractivity contribution >= 4 is 15.8 Å². The number of aryl methyl sites for hydroxylation is 2. The van der Waals surface area contributed by atoms with E-state index in [0.29, 0.717) is 41.5 Å². The molecule has 0 saturated carbocycles. The number of carboxylic acids is 1. The predicted octanol–water partition coefficient (Wildman–Crippen LogP) is 5.49. The molecule has 0 spiro atoms. The Bertz CT molecular complexity index is 1300. The van der Waals surface area contributed by atoms with E-state index in [1.165, 1.54) is 12.5 Å². The highest BCUT2D eigenvalue weighted by atomic mass is 32.2. The average molecular weight is 516 g/mol. The lowest BCUT2D eigenvalue weighted by Crippen LogP contribution is -2.08. The number of carboxylic acid groups (broad SMARTS) is 1. The Morgan fingerprint density at radius 3 is 2.56 bits per heavy atom. The van der Waals surface area contributed by atoms with E-state index in [1.807, 2.05) is 38.1 Å². The molecule has 1 heterocycles. The van der Waals surface area contributed by atoms with Gasteiger partial charge >= 0.3 is 5.97 Å². The summed E-state index contributed by atoms with van der Waals surface area (Å²) in [5, 5.41) is 8.78. The van der Waals surface area contributed by atoms with Crippen LogP contribution in [0.1, 0.15) is 36.8 Å². The highest BCUT2D eigenvalue weighted by Gasteiger charge is 2.14. The molecule has 0 unspecified atom stereocenters. The summed E-state index contributed by atoms with van der Waals surface area (Å²) in [5.41, 5.74) is 4.56. The lowest BCUT2D eigenvalue weighted by atomic mass is 9.98. The molecular weight excluding hydrogens is 485 g/mol. The fraction of sp³-hybridized carbons (Fsp3) is 0.333. The molecule has 7 nitrogen and oxygen atoms in total. The second-order valence-electron chi connectivity index (χ2n) is 8.77.